The van der Waals surface area contributed by atoms with Crippen molar-refractivity contribution >= 4 is 21.6 Å². The average Bonchev–Trinajstić information content (AvgIpc) is 3.41. The van der Waals surface area contributed by atoms with Crippen LogP contribution < -0.4 is 0 Å². The molecule has 0 bridgehead atoms. The third-order valence-corrected chi connectivity index (χ3v) is 8.69. The van der Waals surface area contributed by atoms with Gasteiger partial charge in [0.1, 0.15) is 10.8 Å². The first-order valence-electron chi connectivity index (χ1n) is 14.3. The molecule has 5 heteroatoms. The van der Waals surface area contributed by atoms with Gasteiger partial charge in [-0.05, 0) is 46.2 Å². The first kappa shape index (κ1) is 30.9. The fourth-order valence-corrected chi connectivity index (χ4v) is 6.46. The largest absolute Gasteiger partial charge is 0.507 e. The summed E-state index contributed by atoms with van der Waals surface area (Å²) in [5, 5.41) is 11.7. The van der Waals surface area contributed by atoms with Gasteiger partial charge >= 0.3 is 0 Å². The fraction of sp³-hybridized carbons (Fsp3) is 0.211. The van der Waals surface area contributed by atoms with Gasteiger partial charge in [0.2, 0.25) is 0 Å². The van der Waals surface area contributed by atoms with Crippen LogP contribution in [0.25, 0.3) is 54.3 Å². The molecular weight excluding hydrogens is 728 g/mol. The number of thiazole rings is 1. The van der Waals surface area contributed by atoms with E-state index in [0.717, 1.165) is 54.3 Å². The van der Waals surface area contributed by atoms with E-state index < -0.39 is 0 Å². The Morgan fingerprint density at radius 2 is 1.37 bits per heavy atom. The quantitative estimate of drug-likeness (QED) is 0.182. The molecule has 0 fully saturated rings. The molecule has 43 heavy (non-hydrogen) atoms. The Morgan fingerprint density at radius 1 is 0.674 bits per heavy atom. The zero-order chi connectivity index (χ0) is 29.6. The van der Waals surface area contributed by atoms with Gasteiger partial charge in [-0.15, -0.1) is 40.2 Å². The molecular formula is C38H35N2OPtS-. The number of hydrogen-bond acceptors (Lipinski definition) is 4. The standard InChI is InChI=1S/C38H35N2OS.Pt/c1-37(2,3)30-23-31(38(4,5)6)28(32-16-10-11-20-39-32)22-27(30)26-15-12-17-34-35(26)40-36(42-34)29-21-25(18-19-33(29)41)24-13-8-7-9-14-24;/h7-21,23,41H,1-6H3;/q-1;. The van der Waals surface area contributed by atoms with Crippen molar-refractivity contribution < 1.29 is 26.2 Å². The summed E-state index contributed by atoms with van der Waals surface area (Å²) in [7, 11) is 0. The van der Waals surface area contributed by atoms with Gasteiger partial charge in [0.05, 0.1) is 11.1 Å². The molecule has 0 amide bonds. The number of para-hydroxylation sites is 1. The average molecular weight is 763 g/mol. The predicted molar refractivity (Wildman–Crippen MR) is 177 cm³/mol. The molecule has 4 aromatic carbocycles. The second-order valence-electron chi connectivity index (χ2n) is 12.8. The summed E-state index contributed by atoms with van der Waals surface area (Å²) < 4.78 is 1.07. The fourth-order valence-electron chi connectivity index (χ4n) is 5.44. The number of phenols is 1. The van der Waals surface area contributed by atoms with Crippen LogP contribution in [0.4, 0.5) is 0 Å². The van der Waals surface area contributed by atoms with E-state index in [-0.39, 0.29) is 37.6 Å². The van der Waals surface area contributed by atoms with Gasteiger partial charge in [-0.1, -0.05) is 113 Å². The van der Waals surface area contributed by atoms with Gasteiger partial charge in [0.25, 0.3) is 0 Å². The number of pyridine rings is 1. The van der Waals surface area contributed by atoms with E-state index in [1.807, 2.05) is 48.7 Å². The van der Waals surface area contributed by atoms with Crippen molar-refractivity contribution in [2.24, 2.45) is 0 Å². The van der Waals surface area contributed by atoms with Gasteiger partial charge in [-0.25, -0.2) is 4.98 Å². The third-order valence-electron chi connectivity index (χ3n) is 7.64. The van der Waals surface area contributed by atoms with E-state index in [1.165, 1.54) is 11.1 Å². The minimum atomic E-state index is -0.127. The Kier molecular flexibility index (Phi) is 8.49. The molecule has 220 valence electrons. The molecule has 0 radical (unpaired) electrons. The van der Waals surface area contributed by atoms with Crippen LogP contribution in [0.2, 0.25) is 0 Å². The van der Waals surface area contributed by atoms with E-state index in [1.54, 1.807) is 17.4 Å². The number of aromatic nitrogens is 2. The molecule has 2 aromatic heterocycles. The Labute approximate surface area is 273 Å². The van der Waals surface area contributed by atoms with Crippen LogP contribution >= 0.6 is 11.3 Å². The van der Waals surface area contributed by atoms with E-state index in [2.05, 4.69) is 90.1 Å². The van der Waals surface area contributed by atoms with E-state index >= 15 is 0 Å². The summed E-state index contributed by atoms with van der Waals surface area (Å²) in [6, 6.07) is 34.6. The summed E-state index contributed by atoms with van der Waals surface area (Å²) in [6.07, 6.45) is 1.84. The molecule has 2 heterocycles. The Morgan fingerprint density at radius 3 is 2.05 bits per heavy atom. The molecule has 3 nitrogen and oxygen atoms in total. The Balaban J connectivity index is 0.00000368. The normalized spacial score (nSPS) is 11.9. The summed E-state index contributed by atoms with van der Waals surface area (Å²) >= 11 is 1.60. The van der Waals surface area contributed by atoms with Crippen molar-refractivity contribution in [1.82, 2.24) is 9.97 Å². The Hall–Kier alpha value is -3.59. The van der Waals surface area contributed by atoms with Gasteiger partial charge in [0.15, 0.2) is 0 Å². The maximum absolute atomic E-state index is 10.9. The smallest absolute Gasteiger partial charge is 0.127 e. The van der Waals surface area contributed by atoms with Crippen molar-refractivity contribution in [2.45, 2.75) is 52.4 Å². The number of benzene rings is 4. The first-order valence-corrected chi connectivity index (χ1v) is 15.1. The molecule has 0 aliphatic heterocycles. The second kappa shape index (κ2) is 11.8. The van der Waals surface area contributed by atoms with Crippen LogP contribution in [0.3, 0.4) is 0 Å². The molecule has 0 saturated carbocycles. The summed E-state index contributed by atoms with van der Waals surface area (Å²) in [6.45, 7) is 13.5. The molecule has 0 aliphatic carbocycles. The molecule has 0 unspecified atom stereocenters. The summed E-state index contributed by atoms with van der Waals surface area (Å²) in [4.78, 5) is 9.90. The molecule has 6 aromatic rings. The summed E-state index contributed by atoms with van der Waals surface area (Å²) in [5.74, 6) is 0.226. The SMILES string of the molecule is CC(C)(C)c1cc(C(C)(C)C)c(-c2cccc3sc(-c4cc(-c5ccccc5)ccc4O)nc23)[c-]c1-c1ccccn1.[Pt]. The number of nitrogens with zero attached hydrogens (tertiary/aromatic N) is 2. The van der Waals surface area contributed by atoms with Gasteiger partial charge in [-0.2, -0.15) is 0 Å². The van der Waals surface area contributed by atoms with E-state index in [9.17, 15) is 5.11 Å². The zero-order valence-corrected chi connectivity index (χ0v) is 28.4. The van der Waals surface area contributed by atoms with Crippen molar-refractivity contribution in [2.75, 3.05) is 0 Å². The third kappa shape index (κ3) is 6.09. The van der Waals surface area contributed by atoms with E-state index in [0.29, 0.717) is 0 Å². The maximum Gasteiger partial charge on any atom is 0.127 e. The zero-order valence-electron chi connectivity index (χ0n) is 25.3. The predicted octanol–water partition coefficient (Wildman–Crippen LogP) is 10.5. The number of rotatable bonds is 4. The molecule has 6 rings (SSSR count). The van der Waals surface area contributed by atoms with Crippen LogP contribution in [-0.4, -0.2) is 15.1 Å². The second-order valence-corrected chi connectivity index (χ2v) is 13.9. The first-order chi connectivity index (χ1) is 20.0. The van der Waals surface area contributed by atoms with Crippen molar-refractivity contribution in [1.29, 1.82) is 0 Å². The van der Waals surface area contributed by atoms with Crippen LogP contribution in [-0.2, 0) is 31.9 Å². The van der Waals surface area contributed by atoms with Crippen LogP contribution in [0.1, 0.15) is 52.7 Å². The molecule has 0 spiro atoms. The van der Waals surface area contributed by atoms with Crippen molar-refractivity contribution in [3.8, 4) is 49.8 Å². The van der Waals surface area contributed by atoms with Crippen LogP contribution in [0, 0.1) is 6.07 Å². The van der Waals surface area contributed by atoms with Crippen LogP contribution in [0.5, 0.6) is 5.75 Å². The van der Waals surface area contributed by atoms with Crippen LogP contribution in [0.15, 0.2) is 97.2 Å². The number of phenolic OH excluding ortho intramolecular Hbond substituents is 1. The minimum absolute atomic E-state index is 0. The van der Waals surface area contributed by atoms with Gasteiger partial charge < -0.3 is 5.11 Å². The molecule has 1 N–H and O–H groups in total. The van der Waals surface area contributed by atoms with Gasteiger partial charge in [-0.3, -0.25) is 4.98 Å². The molecule has 0 saturated heterocycles. The minimum Gasteiger partial charge on any atom is -0.507 e. The van der Waals surface area contributed by atoms with Gasteiger partial charge in [0, 0.05) is 37.7 Å². The summed E-state index contributed by atoms with van der Waals surface area (Å²) in [5.41, 5.74) is 10.0. The molecule has 0 atom stereocenters. The van der Waals surface area contributed by atoms with Crippen molar-refractivity contribution in [3.63, 3.8) is 0 Å². The van der Waals surface area contributed by atoms with Crippen molar-refractivity contribution in [3.05, 3.63) is 114 Å². The number of hydrogen-bond donors (Lipinski definition) is 1. The topological polar surface area (TPSA) is 46.0 Å². The van der Waals surface area contributed by atoms with E-state index in [4.69, 9.17) is 9.97 Å². The monoisotopic (exact) mass is 762 g/mol. The maximum atomic E-state index is 10.9. The Bertz CT molecular complexity index is 1900. The molecule has 0 aliphatic rings. The number of aromatic hydroxyl groups is 1. The number of fused-ring (bicyclic) bond motifs is 1.